The van der Waals surface area contributed by atoms with E-state index in [1.165, 1.54) is 16.0 Å². The second kappa shape index (κ2) is 5.48. The van der Waals surface area contributed by atoms with Gasteiger partial charge < -0.3 is 4.90 Å². The zero-order chi connectivity index (χ0) is 16.1. The standard InChI is InChI=1S/C17H12Cl2N2OS/c18-12-5-6-13(19)14(8-12)21-16(22)15-7-10-3-1-2-4-11(10)9-20(15)17(21)23/h1-6,8,15H,7,9H2/t15-/m1/s1. The number of carbonyl (C=O) groups is 1. The number of benzene rings is 2. The molecular weight excluding hydrogens is 351 g/mol. The van der Waals surface area contributed by atoms with E-state index in [1.807, 2.05) is 17.0 Å². The smallest absolute Gasteiger partial charge is 0.256 e. The normalized spacial score (nSPS) is 19.8. The predicted molar refractivity (Wildman–Crippen MR) is 96.0 cm³/mol. The molecule has 0 radical (unpaired) electrons. The van der Waals surface area contributed by atoms with Crippen molar-refractivity contribution in [3.8, 4) is 0 Å². The van der Waals surface area contributed by atoms with Gasteiger partial charge in [-0.15, -0.1) is 0 Å². The molecule has 6 heteroatoms. The lowest BCUT2D eigenvalue weighted by Gasteiger charge is -2.30. The molecule has 0 spiro atoms. The van der Waals surface area contributed by atoms with Gasteiger partial charge in [0.2, 0.25) is 0 Å². The molecule has 2 aliphatic rings. The fourth-order valence-electron chi connectivity index (χ4n) is 3.20. The third-order valence-electron chi connectivity index (χ3n) is 4.34. The van der Waals surface area contributed by atoms with E-state index in [-0.39, 0.29) is 11.9 Å². The zero-order valence-electron chi connectivity index (χ0n) is 12.0. The predicted octanol–water partition coefficient (Wildman–Crippen LogP) is 4.05. The molecule has 2 aromatic rings. The number of anilines is 1. The van der Waals surface area contributed by atoms with E-state index >= 15 is 0 Å². The highest BCUT2D eigenvalue weighted by Crippen LogP contribution is 2.37. The van der Waals surface area contributed by atoms with Crippen molar-refractivity contribution in [2.45, 2.75) is 19.0 Å². The first-order valence-corrected chi connectivity index (χ1v) is 8.39. The van der Waals surface area contributed by atoms with Gasteiger partial charge in [-0.1, -0.05) is 47.5 Å². The summed E-state index contributed by atoms with van der Waals surface area (Å²) in [4.78, 5) is 16.4. The monoisotopic (exact) mass is 362 g/mol. The van der Waals surface area contributed by atoms with Gasteiger partial charge in [0.15, 0.2) is 5.11 Å². The van der Waals surface area contributed by atoms with Crippen LogP contribution in [-0.4, -0.2) is 22.0 Å². The summed E-state index contributed by atoms with van der Waals surface area (Å²) in [6, 6.07) is 12.9. The number of amides is 1. The zero-order valence-corrected chi connectivity index (χ0v) is 14.3. The van der Waals surface area contributed by atoms with Gasteiger partial charge in [-0.05, 0) is 41.5 Å². The molecule has 0 unspecified atom stereocenters. The summed E-state index contributed by atoms with van der Waals surface area (Å²) in [7, 11) is 0. The van der Waals surface area contributed by atoms with Crippen LogP contribution < -0.4 is 4.90 Å². The number of thiocarbonyl (C=S) groups is 1. The lowest BCUT2D eigenvalue weighted by molar-refractivity contribution is -0.119. The Morgan fingerprint density at radius 1 is 1.09 bits per heavy atom. The summed E-state index contributed by atoms with van der Waals surface area (Å²) in [5.41, 5.74) is 2.95. The van der Waals surface area contributed by atoms with Crippen molar-refractivity contribution in [3.63, 3.8) is 0 Å². The van der Waals surface area contributed by atoms with Crippen LogP contribution in [-0.2, 0) is 17.8 Å². The summed E-state index contributed by atoms with van der Waals surface area (Å²) >= 11 is 17.9. The Morgan fingerprint density at radius 3 is 2.61 bits per heavy atom. The van der Waals surface area contributed by atoms with E-state index < -0.39 is 0 Å². The van der Waals surface area contributed by atoms with Crippen molar-refractivity contribution >= 4 is 52.1 Å². The van der Waals surface area contributed by atoms with E-state index in [0.717, 1.165) is 0 Å². The lowest BCUT2D eigenvalue weighted by atomic mass is 9.95. The van der Waals surface area contributed by atoms with Crippen LogP contribution in [0.5, 0.6) is 0 Å². The maximum atomic E-state index is 12.9. The maximum Gasteiger partial charge on any atom is 0.256 e. The molecule has 0 aromatic heterocycles. The highest BCUT2D eigenvalue weighted by Gasteiger charge is 2.45. The Bertz CT molecular complexity index is 796. The Balaban J connectivity index is 1.75. The molecule has 1 fully saturated rings. The fraction of sp³-hybridized carbons (Fsp3) is 0.176. The second-order valence-corrected chi connectivity index (χ2v) is 6.88. The molecular formula is C17H12Cl2N2OS. The summed E-state index contributed by atoms with van der Waals surface area (Å²) < 4.78 is 0. The largest absolute Gasteiger partial charge is 0.332 e. The van der Waals surface area contributed by atoms with Gasteiger partial charge in [0.25, 0.3) is 5.91 Å². The molecule has 1 amide bonds. The number of carbonyl (C=O) groups excluding carboxylic acids is 1. The Hall–Kier alpha value is -1.62. The highest BCUT2D eigenvalue weighted by atomic mass is 35.5. The van der Waals surface area contributed by atoms with Crippen LogP contribution in [0.1, 0.15) is 11.1 Å². The van der Waals surface area contributed by atoms with E-state index in [4.69, 9.17) is 35.4 Å². The molecule has 1 saturated heterocycles. The molecule has 116 valence electrons. The van der Waals surface area contributed by atoms with E-state index in [9.17, 15) is 4.79 Å². The first kappa shape index (κ1) is 14.9. The third-order valence-corrected chi connectivity index (χ3v) is 5.31. The fourth-order valence-corrected chi connectivity index (χ4v) is 3.94. The molecule has 3 nitrogen and oxygen atoms in total. The second-order valence-electron chi connectivity index (χ2n) is 5.67. The molecule has 23 heavy (non-hydrogen) atoms. The Labute approximate surface area is 149 Å². The summed E-state index contributed by atoms with van der Waals surface area (Å²) in [5.74, 6) is -0.0475. The minimum absolute atomic E-state index is 0.0475. The van der Waals surface area contributed by atoms with Crippen molar-refractivity contribution < 1.29 is 4.79 Å². The number of hydrogen-bond acceptors (Lipinski definition) is 2. The van der Waals surface area contributed by atoms with Gasteiger partial charge in [0.1, 0.15) is 6.04 Å². The van der Waals surface area contributed by atoms with Gasteiger partial charge in [-0.25, -0.2) is 0 Å². The third kappa shape index (κ3) is 2.33. The minimum Gasteiger partial charge on any atom is -0.332 e. The SMILES string of the molecule is O=C1[C@H]2Cc3ccccc3CN2C(=S)N1c1cc(Cl)ccc1Cl. The first-order valence-electron chi connectivity index (χ1n) is 7.22. The lowest BCUT2D eigenvalue weighted by Crippen LogP contribution is -2.39. The van der Waals surface area contributed by atoms with E-state index in [0.29, 0.717) is 33.8 Å². The summed E-state index contributed by atoms with van der Waals surface area (Å²) in [5, 5.41) is 1.47. The molecule has 4 rings (SSSR count). The molecule has 0 saturated carbocycles. The van der Waals surface area contributed by atoms with Gasteiger partial charge in [-0.3, -0.25) is 9.69 Å². The minimum atomic E-state index is -0.271. The van der Waals surface area contributed by atoms with Gasteiger partial charge in [0.05, 0.1) is 10.7 Å². The molecule has 1 atom stereocenters. The first-order chi connectivity index (χ1) is 11.1. The topological polar surface area (TPSA) is 23.6 Å². The molecule has 0 bridgehead atoms. The molecule has 2 aliphatic heterocycles. The quantitative estimate of drug-likeness (QED) is 0.715. The van der Waals surface area contributed by atoms with Gasteiger partial charge in [-0.2, -0.15) is 0 Å². The number of halogens is 2. The van der Waals surface area contributed by atoms with Crippen molar-refractivity contribution in [2.24, 2.45) is 0 Å². The van der Waals surface area contributed by atoms with E-state index in [2.05, 4.69) is 12.1 Å². The Kier molecular flexibility index (Phi) is 3.56. The Morgan fingerprint density at radius 2 is 1.83 bits per heavy atom. The molecule has 0 aliphatic carbocycles. The van der Waals surface area contributed by atoms with Crippen LogP contribution in [0.4, 0.5) is 5.69 Å². The number of fused-ring (bicyclic) bond motifs is 2. The maximum absolute atomic E-state index is 12.9. The van der Waals surface area contributed by atoms with Crippen LogP contribution in [0.25, 0.3) is 0 Å². The van der Waals surface area contributed by atoms with Crippen LogP contribution >= 0.6 is 35.4 Å². The van der Waals surface area contributed by atoms with Gasteiger partial charge >= 0.3 is 0 Å². The summed E-state index contributed by atoms with van der Waals surface area (Å²) in [6.07, 6.45) is 0.657. The molecule has 2 heterocycles. The number of hydrogen-bond donors (Lipinski definition) is 0. The van der Waals surface area contributed by atoms with Crippen molar-refractivity contribution in [1.29, 1.82) is 0 Å². The van der Waals surface area contributed by atoms with Crippen molar-refractivity contribution in [2.75, 3.05) is 4.90 Å². The average Bonchev–Trinajstić information content (AvgIpc) is 2.79. The van der Waals surface area contributed by atoms with E-state index in [1.54, 1.807) is 18.2 Å². The van der Waals surface area contributed by atoms with Crippen molar-refractivity contribution in [1.82, 2.24) is 4.90 Å². The van der Waals surface area contributed by atoms with Crippen LogP contribution in [0.3, 0.4) is 0 Å². The van der Waals surface area contributed by atoms with Crippen molar-refractivity contribution in [3.05, 3.63) is 63.6 Å². The molecule has 2 aromatic carbocycles. The number of rotatable bonds is 1. The summed E-state index contributed by atoms with van der Waals surface area (Å²) in [6.45, 7) is 0.639. The van der Waals surface area contributed by atoms with Crippen LogP contribution in [0, 0.1) is 0 Å². The number of nitrogens with zero attached hydrogens (tertiary/aromatic N) is 2. The van der Waals surface area contributed by atoms with Gasteiger partial charge in [0, 0.05) is 18.0 Å². The highest BCUT2D eigenvalue weighted by molar-refractivity contribution is 7.80. The molecule has 0 N–H and O–H groups in total. The average molecular weight is 363 g/mol. The van der Waals surface area contributed by atoms with Crippen LogP contribution in [0.2, 0.25) is 10.0 Å². The van der Waals surface area contributed by atoms with Crippen LogP contribution in [0.15, 0.2) is 42.5 Å².